The van der Waals surface area contributed by atoms with Gasteiger partial charge in [-0.2, -0.15) is 18.2 Å². The van der Waals surface area contributed by atoms with Crippen LogP contribution in [0.1, 0.15) is 0 Å². The Labute approximate surface area is 133 Å². The fraction of sp³-hybridized carbons (Fsp3) is 0.0625. The molecular weight excluding hydrogens is 323 g/mol. The van der Waals surface area contributed by atoms with Crippen molar-refractivity contribution in [1.82, 2.24) is 9.97 Å². The Bertz CT molecular complexity index is 966. The van der Waals surface area contributed by atoms with E-state index in [1.165, 1.54) is 18.2 Å². The predicted molar refractivity (Wildman–Crippen MR) is 82.5 cm³/mol. The van der Waals surface area contributed by atoms with Crippen LogP contribution < -0.4 is 11.0 Å². The van der Waals surface area contributed by atoms with Gasteiger partial charge in [-0.15, -0.1) is 0 Å². The molecule has 1 amide bonds. The summed E-state index contributed by atoms with van der Waals surface area (Å²) in [4.78, 5) is 29.2. The number of carbonyl (C=O) groups excluding carboxylic acids is 1. The molecule has 0 spiro atoms. The van der Waals surface area contributed by atoms with Crippen molar-refractivity contribution < 1.29 is 18.0 Å². The number of carbonyl (C=O) groups is 1. The van der Waals surface area contributed by atoms with Gasteiger partial charge in [0, 0.05) is 16.6 Å². The standard InChI is InChI=1S/C16H10F3N3O2/c17-16(18,19)14(23)20-10-6-7-12-11(8-10)13(22-15(24)21-12)9-4-2-1-3-5-9/h1-8H,(H,20,23)(H,21,22,24). The van der Waals surface area contributed by atoms with Gasteiger partial charge in [0.05, 0.1) is 11.2 Å². The van der Waals surface area contributed by atoms with Crippen LogP contribution in [0, 0.1) is 0 Å². The summed E-state index contributed by atoms with van der Waals surface area (Å²) in [7, 11) is 0. The highest BCUT2D eigenvalue weighted by molar-refractivity contribution is 5.99. The number of rotatable bonds is 2. The van der Waals surface area contributed by atoms with Crippen LogP contribution in [0.3, 0.4) is 0 Å². The van der Waals surface area contributed by atoms with Crippen LogP contribution >= 0.6 is 0 Å². The molecule has 0 atom stereocenters. The van der Waals surface area contributed by atoms with Crippen molar-refractivity contribution in [2.45, 2.75) is 6.18 Å². The van der Waals surface area contributed by atoms with Gasteiger partial charge in [0.1, 0.15) is 0 Å². The zero-order valence-electron chi connectivity index (χ0n) is 12.0. The third kappa shape index (κ3) is 3.12. The molecule has 24 heavy (non-hydrogen) atoms. The summed E-state index contributed by atoms with van der Waals surface area (Å²) >= 11 is 0. The highest BCUT2D eigenvalue weighted by Crippen LogP contribution is 2.27. The smallest absolute Gasteiger partial charge is 0.318 e. The van der Waals surface area contributed by atoms with E-state index in [-0.39, 0.29) is 5.69 Å². The van der Waals surface area contributed by atoms with Gasteiger partial charge in [0.2, 0.25) is 0 Å². The second kappa shape index (κ2) is 5.80. The number of amides is 1. The number of hydrogen-bond donors (Lipinski definition) is 2. The second-order valence-electron chi connectivity index (χ2n) is 4.97. The van der Waals surface area contributed by atoms with Gasteiger partial charge < -0.3 is 10.3 Å². The average Bonchev–Trinajstić information content (AvgIpc) is 2.54. The maximum absolute atomic E-state index is 12.4. The summed E-state index contributed by atoms with van der Waals surface area (Å²) in [6.07, 6.45) is -4.99. The van der Waals surface area contributed by atoms with Gasteiger partial charge >= 0.3 is 17.8 Å². The number of aromatic nitrogens is 2. The summed E-state index contributed by atoms with van der Waals surface area (Å²) in [6.45, 7) is 0. The molecule has 0 unspecified atom stereocenters. The van der Waals surface area contributed by atoms with Crippen molar-refractivity contribution in [3.63, 3.8) is 0 Å². The maximum Gasteiger partial charge on any atom is 0.471 e. The first-order valence-electron chi connectivity index (χ1n) is 6.82. The molecule has 0 fully saturated rings. The number of halogens is 3. The number of benzene rings is 2. The largest absolute Gasteiger partial charge is 0.471 e. The highest BCUT2D eigenvalue weighted by atomic mass is 19.4. The number of H-pyrrole nitrogens is 1. The van der Waals surface area contributed by atoms with Crippen molar-refractivity contribution in [2.24, 2.45) is 0 Å². The molecule has 0 radical (unpaired) electrons. The topological polar surface area (TPSA) is 74.8 Å². The lowest BCUT2D eigenvalue weighted by Gasteiger charge is -2.10. The second-order valence-corrected chi connectivity index (χ2v) is 4.97. The van der Waals surface area contributed by atoms with Crippen LogP contribution in [0.15, 0.2) is 53.3 Å². The number of nitrogens with one attached hydrogen (secondary N) is 2. The average molecular weight is 333 g/mol. The molecular formula is C16H10F3N3O2. The SMILES string of the molecule is O=C(Nc1ccc2[nH]c(=O)nc(-c3ccccc3)c2c1)C(F)(F)F. The van der Waals surface area contributed by atoms with Gasteiger partial charge in [-0.1, -0.05) is 30.3 Å². The molecule has 8 heteroatoms. The van der Waals surface area contributed by atoms with Gasteiger partial charge in [0.15, 0.2) is 0 Å². The molecule has 2 N–H and O–H groups in total. The first-order chi connectivity index (χ1) is 11.3. The van der Waals surface area contributed by atoms with E-state index in [0.29, 0.717) is 22.2 Å². The molecule has 1 aromatic heterocycles. The van der Waals surface area contributed by atoms with E-state index in [1.807, 2.05) is 0 Å². The molecule has 0 aliphatic rings. The Balaban J connectivity index is 2.13. The number of alkyl halides is 3. The predicted octanol–water partition coefficient (Wildman–Crippen LogP) is 3.09. The molecule has 3 aromatic rings. The summed E-state index contributed by atoms with van der Waals surface area (Å²) in [5.74, 6) is -2.07. The van der Waals surface area contributed by atoms with Crippen LogP contribution in [-0.4, -0.2) is 22.1 Å². The van der Waals surface area contributed by atoms with E-state index in [0.717, 1.165) is 0 Å². The number of anilines is 1. The lowest BCUT2D eigenvalue weighted by Crippen LogP contribution is -2.29. The third-order valence-electron chi connectivity index (χ3n) is 3.29. The van der Waals surface area contributed by atoms with Gasteiger partial charge in [-0.05, 0) is 18.2 Å². The minimum absolute atomic E-state index is 0.0455. The summed E-state index contributed by atoms with van der Waals surface area (Å²) in [5, 5.41) is 2.20. The van der Waals surface area contributed by atoms with Crippen molar-refractivity contribution in [3.05, 3.63) is 59.0 Å². The van der Waals surface area contributed by atoms with Crippen molar-refractivity contribution in [1.29, 1.82) is 0 Å². The minimum atomic E-state index is -4.99. The Morgan fingerprint density at radius 1 is 1.08 bits per heavy atom. The molecule has 0 aliphatic carbocycles. The zero-order valence-corrected chi connectivity index (χ0v) is 12.0. The quantitative estimate of drug-likeness (QED) is 0.757. The van der Waals surface area contributed by atoms with E-state index in [2.05, 4.69) is 9.97 Å². The van der Waals surface area contributed by atoms with E-state index < -0.39 is 17.8 Å². The van der Waals surface area contributed by atoms with Crippen LogP contribution in [0.25, 0.3) is 22.2 Å². The van der Waals surface area contributed by atoms with E-state index in [9.17, 15) is 22.8 Å². The fourth-order valence-electron chi connectivity index (χ4n) is 2.25. The van der Waals surface area contributed by atoms with Crippen molar-refractivity contribution in [2.75, 3.05) is 5.32 Å². The van der Waals surface area contributed by atoms with Crippen LogP contribution in [0.4, 0.5) is 18.9 Å². The minimum Gasteiger partial charge on any atom is -0.318 e. The van der Waals surface area contributed by atoms with Gasteiger partial charge in [-0.25, -0.2) is 4.79 Å². The molecule has 0 bridgehead atoms. The van der Waals surface area contributed by atoms with Crippen molar-refractivity contribution in [3.8, 4) is 11.3 Å². The molecule has 2 aromatic carbocycles. The van der Waals surface area contributed by atoms with Crippen LogP contribution in [0.5, 0.6) is 0 Å². The van der Waals surface area contributed by atoms with Crippen LogP contribution in [-0.2, 0) is 4.79 Å². The Morgan fingerprint density at radius 2 is 1.79 bits per heavy atom. The molecule has 0 aliphatic heterocycles. The molecule has 0 saturated carbocycles. The Kier molecular flexibility index (Phi) is 3.80. The summed E-state index contributed by atoms with van der Waals surface area (Å²) < 4.78 is 37.1. The van der Waals surface area contributed by atoms with Crippen molar-refractivity contribution >= 4 is 22.5 Å². The summed E-state index contributed by atoms with van der Waals surface area (Å²) in [6, 6.07) is 12.8. The Morgan fingerprint density at radius 3 is 2.46 bits per heavy atom. The lowest BCUT2D eigenvalue weighted by molar-refractivity contribution is -0.167. The molecule has 3 rings (SSSR count). The first kappa shape index (κ1) is 15.7. The monoisotopic (exact) mass is 333 g/mol. The maximum atomic E-state index is 12.4. The molecule has 0 saturated heterocycles. The van der Waals surface area contributed by atoms with E-state index in [4.69, 9.17) is 0 Å². The zero-order chi connectivity index (χ0) is 17.3. The van der Waals surface area contributed by atoms with Gasteiger partial charge in [0.25, 0.3) is 0 Å². The number of hydrogen-bond acceptors (Lipinski definition) is 3. The highest BCUT2D eigenvalue weighted by Gasteiger charge is 2.38. The molecule has 5 nitrogen and oxygen atoms in total. The van der Waals surface area contributed by atoms with Gasteiger partial charge in [-0.3, -0.25) is 4.79 Å². The van der Waals surface area contributed by atoms with E-state index in [1.54, 1.807) is 35.6 Å². The van der Waals surface area contributed by atoms with E-state index >= 15 is 0 Å². The third-order valence-corrected chi connectivity index (χ3v) is 3.29. The fourth-order valence-corrected chi connectivity index (χ4v) is 2.25. The normalized spacial score (nSPS) is 11.5. The summed E-state index contributed by atoms with van der Waals surface area (Å²) in [5.41, 5.74) is 0.730. The number of aromatic amines is 1. The number of fused-ring (bicyclic) bond motifs is 1. The van der Waals surface area contributed by atoms with Crippen LogP contribution in [0.2, 0.25) is 0 Å². The first-order valence-corrected chi connectivity index (χ1v) is 6.82. The molecule has 122 valence electrons. The lowest BCUT2D eigenvalue weighted by atomic mass is 10.1. The molecule has 1 heterocycles. The number of nitrogens with zero attached hydrogens (tertiary/aromatic N) is 1. The Hall–Kier alpha value is -3.16.